The molecule has 2 N–H and O–H groups in total. The van der Waals surface area contributed by atoms with Crippen molar-refractivity contribution in [2.75, 3.05) is 18.8 Å². The first-order valence-corrected chi connectivity index (χ1v) is 10.7. The average Bonchev–Trinajstić information content (AvgIpc) is 3.42. The molecule has 0 spiro atoms. The number of aryl methyl sites for hydroxylation is 2. The topological polar surface area (TPSA) is 94.1 Å². The van der Waals surface area contributed by atoms with Gasteiger partial charge in [0.05, 0.1) is 17.4 Å². The molecule has 0 radical (unpaired) electrons. The van der Waals surface area contributed by atoms with Gasteiger partial charge in [0.1, 0.15) is 5.82 Å². The molecular weight excluding hydrogens is 390 g/mol. The van der Waals surface area contributed by atoms with E-state index in [1.54, 1.807) is 15.8 Å². The van der Waals surface area contributed by atoms with Crippen LogP contribution in [-0.2, 0) is 11.2 Å². The Morgan fingerprint density at radius 3 is 2.71 bits per heavy atom. The van der Waals surface area contributed by atoms with Crippen LogP contribution in [0.2, 0.25) is 0 Å². The van der Waals surface area contributed by atoms with Crippen molar-refractivity contribution in [3.05, 3.63) is 71.7 Å². The van der Waals surface area contributed by atoms with E-state index in [1.165, 1.54) is 6.20 Å². The maximum atomic E-state index is 13.1. The summed E-state index contributed by atoms with van der Waals surface area (Å²) in [5, 5.41) is 4.32. The molecule has 1 amide bonds. The SMILES string of the molecule is Cc1ccc(-n2ncc(C(=O)[C@@H]3CCN(C(=O)CCCc4ccccn4)C3)c2N)cc1. The lowest BCUT2D eigenvalue weighted by Crippen LogP contribution is -2.30. The largest absolute Gasteiger partial charge is 0.383 e. The van der Waals surface area contributed by atoms with Crippen molar-refractivity contribution >= 4 is 17.5 Å². The number of Topliss-reactive ketones (excluding diaryl/α,β-unsaturated/α-hetero) is 1. The third kappa shape index (κ3) is 4.66. The maximum absolute atomic E-state index is 13.1. The predicted octanol–water partition coefficient (Wildman–Crippen LogP) is 3.21. The Balaban J connectivity index is 1.34. The summed E-state index contributed by atoms with van der Waals surface area (Å²) in [5.74, 6) is 0.154. The lowest BCUT2D eigenvalue weighted by atomic mass is 9.98. The van der Waals surface area contributed by atoms with Gasteiger partial charge in [0.25, 0.3) is 0 Å². The second kappa shape index (κ2) is 9.12. The van der Waals surface area contributed by atoms with Gasteiger partial charge in [-0.1, -0.05) is 23.8 Å². The molecule has 7 heteroatoms. The monoisotopic (exact) mass is 417 g/mol. The second-order valence-corrected chi connectivity index (χ2v) is 8.06. The third-order valence-electron chi connectivity index (χ3n) is 5.81. The zero-order valence-corrected chi connectivity index (χ0v) is 17.7. The third-order valence-corrected chi connectivity index (χ3v) is 5.81. The standard InChI is InChI=1S/C24H27N5O2/c1-17-8-10-20(11-9-17)29-24(25)21(15-27-29)23(31)18-12-14-28(16-18)22(30)7-4-6-19-5-2-3-13-26-19/h2-3,5,8-11,13,15,18H,4,6-7,12,14,16,25H2,1H3/t18-/m1/s1. The number of rotatable bonds is 7. The summed E-state index contributed by atoms with van der Waals surface area (Å²) >= 11 is 0. The van der Waals surface area contributed by atoms with Crippen LogP contribution in [0.4, 0.5) is 5.82 Å². The second-order valence-electron chi connectivity index (χ2n) is 8.06. The molecule has 1 fully saturated rings. The van der Waals surface area contributed by atoms with Gasteiger partial charge in [-0.25, -0.2) is 4.68 Å². The molecule has 0 bridgehead atoms. The van der Waals surface area contributed by atoms with E-state index in [1.807, 2.05) is 49.4 Å². The Kier molecular flexibility index (Phi) is 6.11. The molecule has 1 aromatic carbocycles. The highest BCUT2D eigenvalue weighted by atomic mass is 16.2. The lowest BCUT2D eigenvalue weighted by Gasteiger charge is -2.16. The highest BCUT2D eigenvalue weighted by Gasteiger charge is 2.33. The smallest absolute Gasteiger partial charge is 0.222 e. The zero-order chi connectivity index (χ0) is 21.8. The molecule has 31 heavy (non-hydrogen) atoms. The average molecular weight is 418 g/mol. The number of nitrogens with two attached hydrogens (primary N) is 1. The Morgan fingerprint density at radius 1 is 1.16 bits per heavy atom. The summed E-state index contributed by atoms with van der Waals surface area (Å²) in [6, 6.07) is 13.6. The number of amides is 1. The zero-order valence-electron chi connectivity index (χ0n) is 17.7. The van der Waals surface area contributed by atoms with Gasteiger partial charge in [-0.2, -0.15) is 5.10 Å². The first-order valence-electron chi connectivity index (χ1n) is 10.7. The first kappa shape index (κ1) is 20.8. The highest BCUT2D eigenvalue weighted by molar-refractivity contribution is 6.02. The number of nitrogen functional groups attached to an aromatic ring is 1. The maximum Gasteiger partial charge on any atom is 0.222 e. The number of pyridine rings is 1. The minimum absolute atomic E-state index is 0.0420. The van der Waals surface area contributed by atoms with Gasteiger partial charge in [-0.3, -0.25) is 14.6 Å². The molecule has 4 rings (SSSR count). The summed E-state index contributed by atoms with van der Waals surface area (Å²) in [5.41, 5.74) is 9.63. The number of ketones is 1. The molecular formula is C24H27N5O2. The fourth-order valence-electron chi connectivity index (χ4n) is 3.99. The Labute approximate surface area is 181 Å². The molecule has 7 nitrogen and oxygen atoms in total. The molecule has 1 saturated heterocycles. The Bertz CT molecular complexity index is 1060. The highest BCUT2D eigenvalue weighted by Crippen LogP contribution is 2.26. The van der Waals surface area contributed by atoms with Gasteiger partial charge in [0.2, 0.25) is 5.91 Å². The lowest BCUT2D eigenvalue weighted by molar-refractivity contribution is -0.130. The van der Waals surface area contributed by atoms with Crippen molar-refractivity contribution in [3.63, 3.8) is 0 Å². The van der Waals surface area contributed by atoms with Crippen molar-refractivity contribution in [1.82, 2.24) is 19.7 Å². The number of hydrogen-bond donors (Lipinski definition) is 1. The van der Waals surface area contributed by atoms with Gasteiger partial charge >= 0.3 is 0 Å². The summed E-state index contributed by atoms with van der Waals surface area (Å²) in [6.07, 6.45) is 5.94. The molecule has 3 heterocycles. The number of aromatic nitrogens is 3. The van der Waals surface area contributed by atoms with E-state index >= 15 is 0 Å². The number of likely N-dealkylation sites (tertiary alicyclic amines) is 1. The summed E-state index contributed by atoms with van der Waals surface area (Å²) in [6.45, 7) is 3.05. The van der Waals surface area contributed by atoms with E-state index in [9.17, 15) is 9.59 Å². The normalized spacial score (nSPS) is 15.9. The van der Waals surface area contributed by atoms with Gasteiger partial charge < -0.3 is 10.6 Å². The van der Waals surface area contributed by atoms with Crippen molar-refractivity contribution in [2.45, 2.75) is 32.6 Å². The molecule has 3 aromatic rings. The van der Waals surface area contributed by atoms with Crippen LogP contribution in [0.15, 0.2) is 54.9 Å². The van der Waals surface area contributed by atoms with Gasteiger partial charge in [-0.15, -0.1) is 0 Å². The summed E-state index contributed by atoms with van der Waals surface area (Å²) in [7, 11) is 0. The van der Waals surface area contributed by atoms with Gasteiger partial charge in [0.15, 0.2) is 5.78 Å². The van der Waals surface area contributed by atoms with Crippen molar-refractivity contribution < 1.29 is 9.59 Å². The van der Waals surface area contributed by atoms with E-state index in [4.69, 9.17) is 5.73 Å². The van der Waals surface area contributed by atoms with Crippen molar-refractivity contribution in [2.24, 2.45) is 5.92 Å². The van der Waals surface area contributed by atoms with E-state index in [0.29, 0.717) is 37.3 Å². The molecule has 0 unspecified atom stereocenters. The van der Waals surface area contributed by atoms with Crippen LogP contribution >= 0.6 is 0 Å². The number of anilines is 1. The summed E-state index contributed by atoms with van der Waals surface area (Å²) < 4.78 is 1.59. The minimum Gasteiger partial charge on any atom is -0.383 e. The molecule has 1 aliphatic heterocycles. The number of carbonyl (C=O) groups excluding carboxylic acids is 2. The summed E-state index contributed by atoms with van der Waals surface area (Å²) in [4.78, 5) is 31.7. The van der Waals surface area contributed by atoms with Crippen molar-refractivity contribution in [1.29, 1.82) is 0 Å². The number of nitrogens with zero attached hydrogens (tertiary/aromatic N) is 4. The first-order chi connectivity index (χ1) is 15.0. The minimum atomic E-state index is -0.238. The fraction of sp³-hybridized carbons (Fsp3) is 0.333. The van der Waals surface area contributed by atoms with Gasteiger partial charge in [0, 0.05) is 37.3 Å². The van der Waals surface area contributed by atoms with Crippen LogP contribution in [0.25, 0.3) is 5.69 Å². The van der Waals surface area contributed by atoms with Crippen LogP contribution in [-0.4, -0.2) is 44.4 Å². The fourth-order valence-corrected chi connectivity index (χ4v) is 3.99. The van der Waals surface area contributed by atoms with Crippen LogP contribution < -0.4 is 5.73 Å². The van der Waals surface area contributed by atoms with Crippen LogP contribution in [0.5, 0.6) is 0 Å². The van der Waals surface area contributed by atoms with Crippen LogP contribution in [0.1, 0.15) is 40.9 Å². The van der Waals surface area contributed by atoms with Crippen molar-refractivity contribution in [3.8, 4) is 5.69 Å². The van der Waals surface area contributed by atoms with E-state index in [2.05, 4.69) is 10.1 Å². The Morgan fingerprint density at radius 2 is 1.97 bits per heavy atom. The van der Waals surface area contributed by atoms with Crippen LogP contribution in [0, 0.1) is 12.8 Å². The van der Waals surface area contributed by atoms with Crippen LogP contribution in [0.3, 0.4) is 0 Å². The molecule has 0 aliphatic carbocycles. The van der Waals surface area contributed by atoms with E-state index < -0.39 is 0 Å². The van der Waals surface area contributed by atoms with Gasteiger partial charge in [-0.05, 0) is 50.5 Å². The number of carbonyl (C=O) groups is 2. The quantitative estimate of drug-likeness (QED) is 0.596. The molecule has 1 aliphatic rings. The molecule has 1 atom stereocenters. The predicted molar refractivity (Wildman–Crippen MR) is 119 cm³/mol. The van der Waals surface area contributed by atoms with E-state index in [-0.39, 0.29) is 17.6 Å². The number of hydrogen-bond acceptors (Lipinski definition) is 5. The molecule has 160 valence electrons. The molecule has 2 aromatic heterocycles. The van der Waals surface area contributed by atoms with E-state index in [0.717, 1.165) is 29.8 Å². The molecule has 0 saturated carbocycles. The Hall–Kier alpha value is -3.48. The number of benzene rings is 1.